The van der Waals surface area contributed by atoms with Gasteiger partial charge in [0.15, 0.2) is 28.9 Å². The van der Waals surface area contributed by atoms with Gasteiger partial charge in [-0.15, -0.1) is 0 Å². The van der Waals surface area contributed by atoms with Crippen LogP contribution in [-0.4, -0.2) is 34.3 Å². The molecule has 0 saturated heterocycles. The third-order valence-corrected chi connectivity index (χ3v) is 3.97. The van der Waals surface area contributed by atoms with E-state index in [0.717, 1.165) is 0 Å². The molecule has 3 aromatic rings. The number of nitrogens with zero attached hydrogens (tertiary/aromatic N) is 2. The monoisotopic (exact) mass is 420 g/mol. The van der Waals surface area contributed by atoms with Gasteiger partial charge >= 0.3 is 0 Å². The summed E-state index contributed by atoms with van der Waals surface area (Å²) in [5.41, 5.74) is -1.43. The standard InChI is InChI=1S/C20H18F2N2O6/c1-20(2,25)10-29-18-9-15-12(8-17(18)28-3)16(4-5-23-15)30-19-13(21)6-11(24(26)27)7-14(19)22/h4-9,25H,10H2,1-3H3. The number of pyridine rings is 1. The summed E-state index contributed by atoms with van der Waals surface area (Å²) in [5, 5.41) is 21.0. The highest BCUT2D eigenvalue weighted by Gasteiger charge is 2.21. The molecule has 0 atom stereocenters. The largest absolute Gasteiger partial charge is 0.493 e. The number of aliphatic hydroxyl groups is 1. The predicted molar refractivity (Wildman–Crippen MR) is 103 cm³/mol. The zero-order chi connectivity index (χ0) is 22.1. The molecule has 0 amide bonds. The van der Waals surface area contributed by atoms with Gasteiger partial charge in [-0.05, 0) is 26.0 Å². The van der Waals surface area contributed by atoms with Gasteiger partial charge in [-0.1, -0.05) is 0 Å². The van der Waals surface area contributed by atoms with Gasteiger partial charge in [0.1, 0.15) is 12.4 Å². The number of benzene rings is 2. The highest BCUT2D eigenvalue weighted by molar-refractivity contribution is 5.88. The molecule has 0 aliphatic carbocycles. The first-order chi connectivity index (χ1) is 14.1. The van der Waals surface area contributed by atoms with Crippen LogP contribution in [0.4, 0.5) is 14.5 Å². The van der Waals surface area contributed by atoms with Crippen molar-refractivity contribution < 1.29 is 33.0 Å². The van der Waals surface area contributed by atoms with Crippen molar-refractivity contribution >= 4 is 16.6 Å². The Bertz CT molecular complexity index is 1090. The minimum atomic E-state index is -1.22. The van der Waals surface area contributed by atoms with Crippen molar-refractivity contribution in [2.75, 3.05) is 13.7 Å². The van der Waals surface area contributed by atoms with Crippen LogP contribution in [-0.2, 0) is 0 Å². The summed E-state index contributed by atoms with van der Waals surface area (Å²) in [4.78, 5) is 14.0. The molecule has 8 nitrogen and oxygen atoms in total. The summed E-state index contributed by atoms with van der Waals surface area (Å²) in [6.07, 6.45) is 1.37. The fourth-order valence-electron chi connectivity index (χ4n) is 2.60. The Hall–Kier alpha value is -3.53. The van der Waals surface area contributed by atoms with Crippen molar-refractivity contribution in [3.63, 3.8) is 0 Å². The molecule has 3 rings (SSSR count). The third kappa shape index (κ3) is 4.54. The maximum absolute atomic E-state index is 14.2. The summed E-state index contributed by atoms with van der Waals surface area (Å²) in [6, 6.07) is 5.59. The second-order valence-electron chi connectivity index (χ2n) is 7.03. The van der Waals surface area contributed by atoms with Crippen LogP contribution in [0.15, 0.2) is 36.5 Å². The summed E-state index contributed by atoms with van der Waals surface area (Å²) in [6.45, 7) is 3.15. The maximum Gasteiger partial charge on any atom is 0.275 e. The van der Waals surface area contributed by atoms with Crippen LogP contribution in [0, 0.1) is 21.7 Å². The second kappa shape index (κ2) is 8.07. The van der Waals surface area contributed by atoms with Crippen LogP contribution < -0.4 is 14.2 Å². The van der Waals surface area contributed by atoms with Gasteiger partial charge in [-0.2, -0.15) is 0 Å². The van der Waals surface area contributed by atoms with Gasteiger partial charge in [-0.3, -0.25) is 15.1 Å². The summed E-state index contributed by atoms with van der Waals surface area (Å²) >= 11 is 0. The van der Waals surface area contributed by atoms with Crippen LogP contribution in [0.2, 0.25) is 0 Å². The Kier molecular flexibility index (Phi) is 5.70. The zero-order valence-electron chi connectivity index (χ0n) is 16.3. The lowest BCUT2D eigenvalue weighted by molar-refractivity contribution is -0.385. The third-order valence-electron chi connectivity index (χ3n) is 3.97. The normalized spacial score (nSPS) is 11.4. The van der Waals surface area contributed by atoms with E-state index in [1.807, 2.05) is 0 Å². The number of aromatic nitrogens is 1. The average Bonchev–Trinajstić information content (AvgIpc) is 2.67. The molecular formula is C20H18F2N2O6. The van der Waals surface area contributed by atoms with E-state index in [9.17, 15) is 24.0 Å². The summed E-state index contributed by atoms with van der Waals surface area (Å²) < 4.78 is 44.7. The van der Waals surface area contributed by atoms with Crippen LogP contribution in [0.3, 0.4) is 0 Å². The van der Waals surface area contributed by atoms with Crippen molar-refractivity contribution in [3.05, 3.63) is 58.3 Å². The molecule has 10 heteroatoms. The Labute approximate surface area is 169 Å². The lowest BCUT2D eigenvalue weighted by atomic mass is 10.1. The Balaban J connectivity index is 2.03. The van der Waals surface area contributed by atoms with Gasteiger partial charge in [0.25, 0.3) is 5.69 Å². The van der Waals surface area contributed by atoms with E-state index in [1.165, 1.54) is 31.5 Å². The quantitative estimate of drug-likeness (QED) is 0.447. The summed E-state index contributed by atoms with van der Waals surface area (Å²) in [5.74, 6) is -2.57. The number of hydrogen-bond acceptors (Lipinski definition) is 7. The first-order valence-electron chi connectivity index (χ1n) is 8.72. The molecule has 0 fully saturated rings. The minimum absolute atomic E-state index is 0.00965. The molecule has 158 valence electrons. The Morgan fingerprint density at radius 2 is 1.80 bits per heavy atom. The lowest BCUT2D eigenvalue weighted by Crippen LogP contribution is -2.27. The molecule has 1 heterocycles. The summed E-state index contributed by atoms with van der Waals surface area (Å²) in [7, 11) is 1.41. The smallest absolute Gasteiger partial charge is 0.275 e. The SMILES string of the molecule is COc1cc2c(Oc3c(F)cc([N+](=O)[O-])cc3F)ccnc2cc1OCC(C)(C)O. The number of halogens is 2. The Morgan fingerprint density at radius 1 is 1.13 bits per heavy atom. The van der Waals surface area contributed by atoms with Crippen LogP contribution in [0.1, 0.15) is 13.8 Å². The number of methoxy groups -OCH3 is 1. The van der Waals surface area contributed by atoms with Crippen LogP contribution >= 0.6 is 0 Å². The van der Waals surface area contributed by atoms with Gasteiger partial charge in [0, 0.05) is 17.6 Å². The van der Waals surface area contributed by atoms with E-state index >= 15 is 0 Å². The minimum Gasteiger partial charge on any atom is -0.493 e. The molecule has 1 N–H and O–H groups in total. The molecule has 0 aliphatic rings. The zero-order valence-corrected chi connectivity index (χ0v) is 16.3. The van der Waals surface area contributed by atoms with E-state index in [0.29, 0.717) is 28.8 Å². The predicted octanol–water partition coefficient (Wildman–Crippen LogP) is 4.37. The van der Waals surface area contributed by atoms with Gasteiger partial charge in [-0.25, -0.2) is 8.78 Å². The number of fused-ring (bicyclic) bond motifs is 1. The van der Waals surface area contributed by atoms with Crippen LogP contribution in [0.25, 0.3) is 10.9 Å². The number of rotatable bonds is 7. The van der Waals surface area contributed by atoms with E-state index in [4.69, 9.17) is 14.2 Å². The van der Waals surface area contributed by atoms with Crippen molar-refractivity contribution in [1.29, 1.82) is 0 Å². The van der Waals surface area contributed by atoms with Gasteiger partial charge < -0.3 is 19.3 Å². The van der Waals surface area contributed by atoms with Gasteiger partial charge in [0.05, 0.1) is 35.3 Å². The molecule has 0 unspecified atom stereocenters. The molecule has 30 heavy (non-hydrogen) atoms. The first-order valence-corrected chi connectivity index (χ1v) is 8.72. The highest BCUT2D eigenvalue weighted by Crippen LogP contribution is 2.39. The lowest BCUT2D eigenvalue weighted by Gasteiger charge is -2.19. The maximum atomic E-state index is 14.2. The number of nitro groups is 1. The molecule has 0 spiro atoms. The molecule has 1 aromatic heterocycles. The van der Waals surface area contributed by atoms with E-state index < -0.39 is 33.6 Å². The van der Waals surface area contributed by atoms with Gasteiger partial charge in [0.2, 0.25) is 0 Å². The van der Waals surface area contributed by atoms with E-state index in [2.05, 4.69) is 4.98 Å². The topological polar surface area (TPSA) is 104 Å². The molecule has 0 radical (unpaired) electrons. The van der Waals surface area contributed by atoms with Crippen LogP contribution in [0.5, 0.6) is 23.0 Å². The highest BCUT2D eigenvalue weighted by atomic mass is 19.1. The van der Waals surface area contributed by atoms with E-state index in [-0.39, 0.29) is 18.1 Å². The molecule has 0 aliphatic heterocycles. The fraction of sp³-hybridized carbons (Fsp3) is 0.250. The van der Waals surface area contributed by atoms with Crippen molar-refractivity contribution in [2.24, 2.45) is 0 Å². The average molecular weight is 420 g/mol. The fourth-order valence-corrected chi connectivity index (χ4v) is 2.60. The number of nitro benzene ring substituents is 1. The number of ether oxygens (including phenoxy) is 3. The molecule has 0 saturated carbocycles. The van der Waals surface area contributed by atoms with Crippen molar-refractivity contribution in [2.45, 2.75) is 19.4 Å². The van der Waals surface area contributed by atoms with Crippen molar-refractivity contribution in [1.82, 2.24) is 4.98 Å². The number of non-ortho nitro benzene ring substituents is 1. The van der Waals surface area contributed by atoms with Crippen molar-refractivity contribution in [3.8, 4) is 23.0 Å². The molecular weight excluding hydrogens is 402 g/mol. The van der Waals surface area contributed by atoms with E-state index in [1.54, 1.807) is 13.8 Å². The number of hydrogen-bond donors (Lipinski definition) is 1. The second-order valence-corrected chi connectivity index (χ2v) is 7.03. The first kappa shape index (κ1) is 21.2. The molecule has 2 aromatic carbocycles. The Morgan fingerprint density at radius 3 is 2.37 bits per heavy atom. The molecule has 0 bridgehead atoms.